The van der Waals surface area contributed by atoms with Crippen LogP contribution in [0.2, 0.25) is 0 Å². The zero-order valence-corrected chi connectivity index (χ0v) is 15.6. The van der Waals surface area contributed by atoms with Crippen LogP contribution in [0.25, 0.3) is 0 Å². The second-order valence-corrected chi connectivity index (χ2v) is 8.63. The Bertz CT molecular complexity index is 627. The fraction of sp³-hybridized carbons (Fsp3) is 0.750. The summed E-state index contributed by atoms with van der Waals surface area (Å²) < 4.78 is 5.38. The number of ether oxygens (including phenoxy) is 1. The van der Waals surface area contributed by atoms with Crippen molar-refractivity contribution in [2.45, 2.75) is 65.7 Å². The van der Waals surface area contributed by atoms with Gasteiger partial charge in [-0.1, -0.05) is 0 Å². The standard InChI is InChI=1S/C20H29N3O2/c1-4-25-19-21-12(2)18(13(3)22-19)23-17(24)11-20-8-14-5-15(9-20)7-16(6-14)10-20/h14-16H,4-11H2,1-3H3,(H,23,24). The zero-order valence-electron chi connectivity index (χ0n) is 15.6. The highest BCUT2D eigenvalue weighted by Gasteiger charge is 2.51. The average Bonchev–Trinajstić information content (AvgIpc) is 2.49. The smallest absolute Gasteiger partial charge is 0.316 e. The molecular weight excluding hydrogens is 314 g/mol. The summed E-state index contributed by atoms with van der Waals surface area (Å²) in [7, 11) is 0. The molecule has 1 amide bonds. The first-order valence-corrected chi connectivity index (χ1v) is 9.74. The highest BCUT2D eigenvalue weighted by atomic mass is 16.5. The van der Waals surface area contributed by atoms with Crippen LogP contribution >= 0.6 is 0 Å². The number of aromatic nitrogens is 2. The predicted molar refractivity (Wildman–Crippen MR) is 96.5 cm³/mol. The van der Waals surface area contributed by atoms with Gasteiger partial charge in [-0.25, -0.2) is 0 Å². The predicted octanol–water partition coefficient (Wildman–Crippen LogP) is 4.04. The molecule has 4 saturated carbocycles. The lowest BCUT2D eigenvalue weighted by Gasteiger charge is -2.56. The van der Waals surface area contributed by atoms with Crippen LogP contribution in [-0.4, -0.2) is 22.5 Å². The molecule has 25 heavy (non-hydrogen) atoms. The molecule has 4 fully saturated rings. The highest BCUT2D eigenvalue weighted by Crippen LogP contribution is 2.61. The molecule has 1 aromatic rings. The molecule has 4 bridgehead atoms. The Hall–Kier alpha value is -1.65. The summed E-state index contributed by atoms with van der Waals surface area (Å²) in [4.78, 5) is 21.5. The van der Waals surface area contributed by atoms with Gasteiger partial charge in [-0.05, 0) is 82.5 Å². The maximum atomic E-state index is 12.8. The van der Waals surface area contributed by atoms with Gasteiger partial charge in [0, 0.05) is 6.42 Å². The molecular formula is C20H29N3O2. The number of anilines is 1. The van der Waals surface area contributed by atoms with Crippen LogP contribution in [0.1, 0.15) is 63.3 Å². The van der Waals surface area contributed by atoms with Crippen molar-refractivity contribution in [3.63, 3.8) is 0 Å². The molecule has 4 aliphatic rings. The van der Waals surface area contributed by atoms with E-state index >= 15 is 0 Å². The van der Waals surface area contributed by atoms with E-state index < -0.39 is 0 Å². The normalized spacial score (nSPS) is 32.7. The van der Waals surface area contributed by atoms with E-state index in [2.05, 4.69) is 15.3 Å². The molecule has 0 spiro atoms. The SMILES string of the molecule is CCOc1nc(C)c(NC(=O)CC23CC4CC(CC(C4)C2)C3)c(C)n1. The summed E-state index contributed by atoms with van der Waals surface area (Å²) in [6.07, 6.45) is 8.64. The summed E-state index contributed by atoms with van der Waals surface area (Å²) in [6, 6.07) is 0.386. The molecule has 0 radical (unpaired) electrons. The Morgan fingerprint density at radius 1 is 1.08 bits per heavy atom. The number of aryl methyl sites for hydroxylation is 2. The van der Waals surface area contributed by atoms with Crippen molar-refractivity contribution < 1.29 is 9.53 Å². The molecule has 0 unspecified atom stereocenters. The minimum atomic E-state index is 0.126. The van der Waals surface area contributed by atoms with E-state index in [-0.39, 0.29) is 11.3 Å². The van der Waals surface area contributed by atoms with Crippen molar-refractivity contribution in [1.82, 2.24) is 9.97 Å². The summed E-state index contributed by atoms with van der Waals surface area (Å²) in [5.41, 5.74) is 2.55. The van der Waals surface area contributed by atoms with Gasteiger partial charge >= 0.3 is 6.01 Å². The first-order valence-electron chi connectivity index (χ1n) is 9.74. The third-order valence-corrected chi connectivity index (χ3v) is 6.49. The Morgan fingerprint density at radius 3 is 2.08 bits per heavy atom. The van der Waals surface area contributed by atoms with Crippen molar-refractivity contribution in [2.75, 3.05) is 11.9 Å². The Morgan fingerprint density at radius 2 is 1.60 bits per heavy atom. The Balaban J connectivity index is 1.46. The minimum Gasteiger partial charge on any atom is -0.464 e. The van der Waals surface area contributed by atoms with Crippen molar-refractivity contribution >= 4 is 11.6 Å². The van der Waals surface area contributed by atoms with Gasteiger partial charge in [0.1, 0.15) is 0 Å². The van der Waals surface area contributed by atoms with E-state index in [0.717, 1.165) is 34.8 Å². The molecule has 136 valence electrons. The van der Waals surface area contributed by atoms with Crippen LogP contribution in [0.15, 0.2) is 0 Å². The van der Waals surface area contributed by atoms with E-state index in [1.165, 1.54) is 38.5 Å². The molecule has 1 N–H and O–H groups in total. The maximum absolute atomic E-state index is 12.8. The second-order valence-electron chi connectivity index (χ2n) is 8.63. The molecule has 0 aromatic carbocycles. The fourth-order valence-corrected chi connectivity index (χ4v) is 6.09. The molecule has 0 atom stereocenters. The third kappa shape index (κ3) is 3.25. The van der Waals surface area contributed by atoms with Gasteiger partial charge in [0.2, 0.25) is 5.91 Å². The highest BCUT2D eigenvalue weighted by molar-refractivity contribution is 5.92. The zero-order chi connectivity index (χ0) is 17.6. The summed E-state index contributed by atoms with van der Waals surface area (Å²) >= 11 is 0. The number of nitrogens with one attached hydrogen (secondary N) is 1. The quantitative estimate of drug-likeness (QED) is 0.876. The Kier molecular flexibility index (Phi) is 4.20. The van der Waals surface area contributed by atoms with Crippen LogP contribution < -0.4 is 10.1 Å². The van der Waals surface area contributed by atoms with E-state index in [9.17, 15) is 4.79 Å². The molecule has 1 heterocycles. The summed E-state index contributed by atoms with van der Waals surface area (Å²) in [6.45, 7) is 6.25. The van der Waals surface area contributed by atoms with Crippen molar-refractivity contribution in [2.24, 2.45) is 23.2 Å². The number of amides is 1. The number of carbonyl (C=O) groups is 1. The lowest BCUT2D eigenvalue weighted by Crippen LogP contribution is -2.47. The van der Waals surface area contributed by atoms with Gasteiger partial charge in [0.15, 0.2) is 0 Å². The Labute approximate surface area is 150 Å². The summed E-state index contributed by atoms with van der Waals surface area (Å²) in [5, 5.41) is 3.10. The minimum absolute atomic E-state index is 0.126. The van der Waals surface area contributed by atoms with E-state index in [0.29, 0.717) is 19.0 Å². The molecule has 5 heteroatoms. The number of hydrogen-bond donors (Lipinski definition) is 1. The lowest BCUT2D eigenvalue weighted by molar-refractivity contribution is -0.124. The molecule has 5 nitrogen and oxygen atoms in total. The van der Waals surface area contributed by atoms with E-state index in [1.54, 1.807) is 0 Å². The molecule has 0 saturated heterocycles. The van der Waals surface area contributed by atoms with Gasteiger partial charge in [-0.3, -0.25) is 4.79 Å². The first kappa shape index (κ1) is 16.8. The molecule has 0 aliphatic heterocycles. The largest absolute Gasteiger partial charge is 0.464 e. The van der Waals surface area contributed by atoms with Gasteiger partial charge in [-0.2, -0.15) is 9.97 Å². The number of hydrogen-bond acceptors (Lipinski definition) is 4. The number of rotatable bonds is 5. The van der Waals surface area contributed by atoms with E-state index in [4.69, 9.17) is 4.74 Å². The van der Waals surface area contributed by atoms with Crippen LogP contribution in [0.3, 0.4) is 0 Å². The number of carbonyl (C=O) groups excluding carboxylic acids is 1. The maximum Gasteiger partial charge on any atom is 0.316 e. The van der Waals surface area contributed by atoms with Gasteiger partial charge in [0.25, 0.3) is 0 Å². The molecule has 1 aromatic heterocycles. The van der Waals surface area contributed by atoms with Gasteiger partial charge < -0.3 is 10.1 Å². The van der Waals surface area contributed by atoms with Crippen molar-refractivity contribution in [3.8, 4) is 6.01 Å². The van der Waals surface area contributed by atoms with Crippen molar-refractivity contribution in [3.05, 3.63) is 11.4 Å². The van der Waals surface area contributed by atoms with Crippen LogP contribution in [0.5, 0.6) is 6.01 Å². The fourth-order valence-electron chi connectivity index (χ4n) is 6.09. The number of nitrogens with zero attached hydrogens (tertiary/aromatic N) is 2. The third-order valence-electron chi connectivity index (χ3n) is 6.49. The second kappa shape index (κ2) is 6.26. The average molecular weight is 343 g/mol. The van der Waals surface area contributed by atoms with Crippen molar-refractivity contribution in [1.29, 1.82) is 0 Å². The monoisotopic (exact) mass is 343 g/mol. The van der Waals surface area contributed by atoms with Gasteiger partial charge in [-0.15, -0.1) is 0 Å². The molecule has 4 aliphatic carbocycles. The summed E-state index contributed by atoms with van der Waals surface area (Å²) in [5.74, 6) is 2.74. The lowest BCUT2D eigenvalue weighted by atomic mass is 9.49. The van der Waals surface area contributed by atoms with E-state index in [1.807, 2.05) is 20.8 Å². The van der Waals surface area contributed by atoms with Crippen LogP contribution in [0.4, 0.5) is 5.69 Å². The van der Waals surface area contributed by atoms with Crippen LogP contribution in [-0.2, 0) is 4.79 Å². The van der Waals surface area contributed by atoms with Crippen LogP contribution in [0, 0.1) is 37.0 Å². The topological polar surface area (TPSA) is 64.1 Å². The van der Waals surface area contributed by atoms with Gasteiger partial charge in [0.05, 0.1) is 23.7 Å². The first-order chi connectivity index (χ1) is 12.0. The molecule has 5 rings (SSSR count).